The molecule has 2 atom stereocenters. The molecular weight excluding hydrogens is 566 g/mol. The summed E-state index contributed by atoms with van der Waals surface area (Å²) in [5.74, 6) is -0.369. The number of nitrogens with one attached hydrogen (secondary N) is 2. The normalized spacial score (nSPS) is 18.6. The maximum Gasteiger partial charge on any atom is 0.408 e. The lowest BCUT2D eigenvalue weighted by molar-refractivity contribution is -0.135. The molecule has 0 aromatic heterocycles. The SMILES string of the molecule is CCC(=O)NCCN1C(=O)C(C)(C)Oc2ccc(C(=O)N(C(C)C)[C@@H]3CCCN(C(=O)[C@H](C)NC(=O)OC(C)(C)C)C3)cc21. The van der Waals surface area contributed by atoms with Gasteiger partial charge in [0, 0.05) is 50.2 Å². The van der Waals surface area contributed by atoms with Crippen LogP contribution in [0.2, 0.25) is 0 Å². The van der Waals surface area contributed by atoms with Crippen LogP contribution in [0.1, 0.15) is 91.9 Å². The van der Waals surface area contributed by atoms with Gasteiger partial charge in [0.15, 0.2) is 5.60 Å². The predicted molar refractivity (Wildman–Crippen MR) is 167 cm³/mol. The molecule has 244 valence electrons. The van der Waals surface area contributed by atoms with Crippen LogP contribution in [-0.4, -0.2) is 95.0 Å². The van der Waals surface area contributed by atoms with Gasteiger partial charge in [0.05, 0.1) is 5.69 Å². The second kappa shape index (κ2) is 13.9. The van der Waals surface area contributed by atoms with Gasteiger partial charge in [-0.15, -0.1) is 0 Å². The van der Waals surface area contributed by atoms with E-state index in [9.17, 15) is 24.0 Å². The Bertz CT molecular complexity index is 1260. The standard InChI is InChI=1S/C32H49N5O7/c1-10-26(38)33-15-17-36-24-18-22(13-14-25(24)43-32(8,9)29(36)41)28(40)37(20(2)3)23-12-11-16-35(19-23)27(39)21(4)34-30(42)44-31(5,6)7/h13-14,18,20-21,23H,10-12,15-17,19H2,1-9H3,(H,33,38)(H,34,42)/t21-,23+/m0/s1. The van der Waals surface area contributed by atoms with Crippen molar-refractivity contribution in [2.24, 2.45) is 0 Å². The smallest absolute Gasteiger partial charge is 0.408 e. The molecule has 0 aliphatic carbocycles. The third-order valence-corrected chi connectivity index (χ3v) is 7.60. The lowest BCUT2D eigenvalue weighted by atomic mass is 9.99. The molecule has 0 radical (unpaired) electrons. The van der Waals surface area contributed by atoms with E-state index < -0.39 is 23.3 Å². The van der Waals surface area contributed by atoms with Gasteiger partial charge in [0.1, 0.15) is 17.4 Å². The first-order valence-corrected chi connectivity index (χ1v) is 15.5. The zero-order valence-corrected chi connectivity index (χ0v) is 27.6. The third-order valence-electron chi connectivity index (χ3n) is 7.60. The Hall–Kier alpha value is -3.83. The Kier molecular flexibility index (Phi) is 10.9. The number of nitrogens with zero attached hydrogens (tertiary/aromatic N) is 3. The van der Waals surface area contributed by atoms with Crippen LogP contribution in [-0.2, 0) is 19.1 Å². The van der Waals surface area contributed by atoms with Crippen molar-refractivity contribution in [3.8, 4) is 5.75 Å². The first-order valence-electron chi connectivity index (χ1n) is 15.5. The van der Waals surface area contributed by atoms with Gasteiger partial charge in [0.2, 0.25) is 11.8 Å². The highest BCUT2D eigenvalue weighted by molar-refractivity contribution is 6.04. The number of ether oxygens (including phenoxy) is 2. The van der Waals surface area contributed by atoms with E-state index in [1.54, 1.807) is 81.4 Å². The second-order valence-corrected chi connectivity index (χ2v) is 13.2. The van der Waals surface area contributed by atoms with E-state index in [1.165, 1.54) is 0 Å². The van der Waals surface area contributed by atoms with E-state index in [4.69, 9.17) is 9.47 Å². The minimum absolute atomic E-state index is 0.114. The zero-order valence-electron chi connectivity index (χ0n) is 27.6. The fraction of sp³-hybridized carbons (Fsp3) is 0.656. The topological polar surface area (TPSA) is 138 Å². The van der Waals surface area contributed by atoms with Gasteiger partial charge in [-0.1, -0.05) is 6.92 Å². The Morgan fingerprint density at radius 3 is 2.45 bits per heavy atom. The van der Waals surface area contributed by atoms with Gasteiger partial charge in [0.25, 0.3) is 11.8 Å². The summed E-state index contributed by atoms with van der Waals surface area (Å²) in [7, 11) is 0. The van der Waals surface area contributed by atoms with Crippen molar-refractivity contribution in [2.75, 3.05) is 31.1 Å². The van der Waals surface area contributed by atoms with E-state index in [2.05, 4.69) is 10.6 Å². The number of benzene rings is 1. The number of carbonyl (C=O) groups is 5. The van der Waals surface area contributed by atoms with Crippen LogP contribution in [0.25, 0.3) is 0 Å². The van der Waals surface area contributed by atoms with E-state index in [0.717, 1.165) is 0 Å². The molecule has 2 heterocycles. The van der Waals surface area contributed by atoms with Crippen molar-refractivity contribution in [1.29, 1.82) is 0 Å². The first-order chi connectivity index (χ1) is 20.4. The van der Waals surface area contributed by atoms with Crippen molar-refractivity contribution in [3.05, 3.63) is 23.8 Å². The van der Waals surface area contributed by atoms with Crippen LogP contribution in [0.15, 0.2) is 18.2 Å². The summed E-state index contributed by atoms with van der Waals surface area (Å²) in [6.45, 7) is 17.2. The Balaban J connectivity index is 1.81. The number of anilines is 1. The van der Waals surface area contributed by atoms with Crippen molar-refractivity contribution in [2.45, 2.75) is 111 Å². The van der Waals surface area contributed by atoms with Crippen LogP contribution >= 0.6 is 0 Å². The monoisotopic (exact) mass is 615 g/mol. The molecule has 12 heteroatoms. The molecule has 1 aromatic rings. The molecule has 1 saturated heterocycles. The summed E-state index contributed by atoms with van der Waals surface area (Å²) in [4.78, 5) is 69.8. The highest BCUT2D eigenvalue weighted by atomic mass is 16.6. The number of carbonyl (C=O) groups excluding carboxylic acids is 5. The highest BCUT2D eigenvalue weighted by Gasteiger charge is 2.41. The summed E-state index contributed by atoms with van der Waals surface area (Å²) < 4.78 is 11.3. The minimum atomic E-state index is -1.11. The summed E-state index contributed by atoms with van der Waals surface area (Å²) in [5.41, 5.74) is -0.933. The van der Waals surface area contributed by atoms with Crippen LogP contribution in [0.4, 0.5) is 10.5 Å². The number of alkyl carbamates (subject to hydrolysis) is 1. The maximum atomic E-state index is 14.1. The lowest BCUT2D eigenvalue weighted by Gasteiger charge is -2.42. The molecule has 0 unspecified atom stereocenters. The summed E-state index contributed by atoms with van der Waals surface area (Å²) in [6.07, 6.45) is 1.09. The second-order valence-electron chi connectivity index (χ2n) is 13.2. The predicted octanol–water partition coefficient (Wildman–Crippen LogP) is 3.47. The van der Waals surface area contributed by atoms with Gasteiger partial charge < -0.3 is 34.8 Å². The average Bonchev–Trinajstić information content (AvgIpc) is 2.93. The number of piperidine rings is 1. The number of rotatable bonds is 9. The molecular formula is C32H49N5O7. The highest BCUT2D eigenvalue weighted by Crippen LogP contribution is 2.38. The summed E-state index contributed by atoms with van der Waals surface area (Å²) in [6, 6.07) is 3.85. The quantitative estimate of drug-likeness (QED) is 0.434. The van der Waals surface area contributed by atoms with Crippen LogP contribution < -0.4 is 20.3 Å². The van der Waals surface area contributed by atoms with Crippen LogP contribution in [0.5, 0.6) is 5.75 Å². The van der Waals surface area contributed by atoms with Gasteiger partial charge >= 0.3 is 6.09 Å². The molecule has 5 amide bonds. The fourth-order valence-electron chi connectivity index (χ4n) is 5.53. The number of amides is 5. The molecule has 0 bridgehead atoms. The molecule has 1 aromatic carbocycles. The molecule has 2 aliphatic heterocycles. The van der Waals surface area contributed by atoms with Gasteiger partial charge in [-0.3, -0.25) is 19.2 Å². The lowest BCUT2D eigenvalue weighted by Crippen LogP contribution is -2.57. The molecule has 2 N–H and O–H groups in total. The van der Waals surface area contributed by atoms with Crippen LogP contribution in [0.3, 0.4) is 0 Å². The molecule has 2 aliphatic rings. The largest absolute Gasteiger partial charge is 0.476 e. The van der Waals surface area contributed by atoms with E-state index in [0.29, 0.717) is 49.4 Å². The number of hydrogen-bond donors (Lipinski definition) is 2. The third kappa shape index (κ3) is 8.41. The minimum Gasteiger partial charge on any atom is -0.476 e. The Labute approximate surface area is 260 Å². The van der Waals surface area contributed by atoms with Gasteiger partial charge in [-0.05, 0) is 86.4 Å². The van der Waals surface area contributed by atoms with Gasteiger partial charge in [-0.2, -0.15) is 0 Å². The van der Waals surface area contributed by atoms with E-state index >= 15 is 0 Å². The van der Waals surface area contributed by atoms with Crippen molar-refractivity contribution >= 4 is 35.4 Å². The maximum absolute atomic E-state index is 14.1. The summed E-state index contributed by atoms with van der Waals surface area (Å²) >= 11 is 0. The van der Waals surface area contributed by atoms with E-state index in [1.807, 2.05) is 13.8 Å². The zero-order chi connectivity index (χ0) is 33.0. The number of hydrogen-bond acceptors (Lipinski definition) is 7. The number of likely N-dealkylation sites (tertiary alicyclic amines) is 1. The number of fused-ring (bicyclic) bond motifs is 1. The van der Waals surface area contributed by atoms with Crippen molar-refractivity contribution in [3.63, 3.8) is 0 Å². The van der Waals surface area contributed by atoms with E-state index in [-0.39, 0.29) is 48.8 Å². The fourth-order valence-corrected chi connectivity index (χ4v) is 5.53. The molecule has 0 saturated carbocycles. The van der Waals surface area contributed by atoms with Crippen LogP contribution in [0, 0.1) is 0 Å². The summed E-state index contributed by atoms with van der Waals surface area (Å²) in [5, 5.41) is 5.42. The first kappa shape index (κ1) is 34.7. The molecule has 3 rings (SSSR count). The molecule has 1 fully saturated rings. The molecule has 44 heavy (non-hydrogen) atoms. The Morgan fingerprint density at radius 2 is 1.84 bits per heavy atom. The van der Waals surface area contributed by atoms with Crippen molar-refractivity contribution in [1.82, 2.24) is 20.4 Å². The van der Waals surface area contributed by atoms with Gasteiger partial charge in [-0.25, -0.2) is 4.79 Å². The average molecular weight is 616 g/mol. The Morgan fingerprint density at radius 1 is 1.16 bits per heavy atom. The molecule has 0 spiro atoms. The van der Waals surface area contributed by atoms with Crippen molar-refractivity contribution < 1.29 is 33.4 Å². The molecule has 12 nitrogen and oxygen atoms in total.